The molecule has 1 aliphatic rings. The number of carbonyl (C=O) groups excluding carboxylic acids is 1. The van der Waals surface area contributed by atoms with Gasteiger partial charge in [0.1, 0.15) is 5.60 Å². The first-order valence-corrected chi connectivity index (χ1v) is 7.38. The van der Waals surface area contributed by atoms with Crippen molar-refractivity contribution in [2.24, 2.45) is 11.7 Å². The van der Waals surface area contributed by atoms with Crippen molar-refractivity contribution in [1.82, 2.24) is 15.1 Å². The van der Waals surface area contributed by atoms with Crippen LogP contribution in [-0.4, -0.2) is 39.9 Å². The summed E-state index contributed by atoms with van der Waals surface area (Å²) in [5.74, 6) is 0.320. The van der Waals surface area contributed by atoms with Crippen LogP contribution in [-0.2, 0) is 4.74 Å². The van der Waals surface area contributed by atoms with E-state index in [1.54, 1.807) is 11.1 Å². The van der Waals surface area contributed by atoms with E-state index in [2.05, 4.69) is 10.2 Å². The van der Waals surface area contributed by atoms with Crippen molar-refractivity contribution in [3.8, 4) is 0 Å². The maximum Gasteiger partial charge on any atom is 0.410 e. The Morgan fingerprint density at radius 1 is 1.43 bits per heavy atom. The standard InChI is InChI=1S/C15H24N4O2/c1-15(2,3)21-14(20)19-9-6-11(7-10-19)13(16)12-5-4-8-17-18-12/h4-5,8,11,13H,6-7,9-10,16H2,1-3H3. The molecular weight excluding hydrogens is 268 g/mol. The van der Waals surface area contributed by atoms with Crippen molar-refractivity contribution in [2.75, 3.05) is 13.1 Å². The molecule has 0 spiro atoms. The average Bonchev–Trinajstić information content (AvgIpc) is 2.46. The average molecular weight is 292 g/mol. The molecule has 0 saturated carbocycles. The molecule has 1 aromatic rings. The number of piperidine rings is 1. The number of likely N-dealkylation sites (tertiary alicyclic amines) is 1. The largest absolute Gasteiger partial charge is 0.444 e. The normalized spacial score (nSPS) is 18.4. The number of aromatic nitrogens is 2. The van der Waals surface area contributed by atoms with E-state index in [0.717, 1.165) is 18.5 Å². The van der Waals surface area contributed by atoms with E-state index in [1.807, 2.05) is 32.9 Å². The van der Waals surface area contributed by atoms with Gasteiger partial charge in [-0.3, -0.25) is 0 Å². The van der Waals surface area contributed by atoms with Gasteiger partial charge in [0.15, 0.2) is 0 Å². The van der Waals surface area contributed by atoms with Gasteiger partial charge in [0.2, 0.25) is 0 Å². The molecule has 116 valence electrons. The van der Waals surface area contributed by atoms with Crippen LogP contribution in [0.3, 0.4) is 0 Å². The number of hydrogen-bond acceptors (Lipinski definition) is 5. The Morgan fingerprint density at radius 3 is 2.62 bits per heavy atom. The third kappa shape index (κ3) is 4.39. The molecule has 1 saturated heterocycles. The first-order chi connectivity index (χ1) is 9.87. The van der Waals surface area contributed by atoms with Crippen molar-refractivity contribution in [2.45, 2.75) is 45.3 Å². The summed E-state index contributed by atoms with van der Waals surface area (Å²) in [5, 5.41) is 7.95. The van der Waals surface area contributed by atoms with E-state index >= 15 is 0 Å². The van der Waals surface area contributed by atoms with Crippen LogP contribution in [0.5, 0.6) is 0 Å². The van der Waals surface area contributed by atoms with Crippen molar-refractivity contribution >= 4 is 6.09 Å². The van der Waals surface area contributed by atoms with Crippen LogP contribution in [0.2, 0.25) is 0 Å². The van der Waals surface area contributed by atoms with Crippen molar-refractivity contribution < 1.29 is 9.53 Å². The predicted molar refractivity (Wildman–Crippen MR) is 79.5 cm³/mol. The van der Waals surface area contributed by atoms with E-state index in [0.29, 0.717) is 19.0 Å². The van der Waals surface area contributed by atoms with E-state index in [1.165, 1.54) is 0 Å². The second-order valence-electron chi connectivity index (χ2n) is 6.48. The molecule has 1 amide bonds. The number of hydrogen-bond donors (Lipinski definition) is 1. The fraction of sp³-hybridized carbons (Fsp3) is 0.667. The highest BCUT2D eigenvalue weighted by Crippen LogP contribution is 2.28. The summed E-state index contributed by atoms with van der Waals surface area (Å²) in [6, 6.07) is 3.62. The molecule has 1 unspecified atom stereocenters. The SMILES string of the molecule is CC(C)(C)OC(=O)N1CCC(C(N)c2cccnn2)CC1. The number of ether oxygens (including phenoxy) is 1. The maximum atomic E-state index is 12.0. The minimum atomic E-state index is -0.454. The lowest BCUT2D eigenvalue weighted by molar-refractivity contribution is 0.0174. The van der Waals surface area contributed by atoms with Crippen LogP contribution in [0, 0.1) is 5.92 Å². The van der Waals surface area contributed by atoms with Gasteiger partial charge in [-0.15, -0.1) is 0 Å². The summed E-state index contributed by atoms with van der Waals surface area (Å²) in [7, 11) is 0. The molecule has 0 bridgehead atoms. The van der Waals surface area contributed by atoms with E-state index in [9.17, 15) is 4.79 Å². The van der Waals surface area contributed by atoms with Crippen LogP contribution >= 0.6 is 0 Å². The van der Waals surface area contributed by atoms with Crippen LogP contribution in [0.15, 0.2) is 18.3 Å². The van der Waals surface area contributed by atoms with E-state index in [4.69, 9.17) is 10.5 Å². The zero-order chi connectivity index (χ0) is 15.5. The molecule has 2 rings (SSSR count). The van der Waals surface area contributed by atoms with Gasteiger partial charge in [-0.05, 0) is 51.7 Å². The monoisotopic (exact) mass is 292 g/mol. The number of nitrogens with zero attached hydrogens (tertiary/aromatic N) is 3. The smallest absolute Gasteiger partial charge is 0.410 e. The Morgan fingerprint density at radius 2 is 2.10 bits per heavy atom. The Balaban J connectivity index is 1.87. The second-order valence-corrected chi connectivity index (χ2v) is 6.48. The van der Waals surface area contributed by atoms with Crippen LogP contribution in [0.25, 0.3) is 0 Å². The summed E-state index contributed by atoms with van der Waals surface area (Å²) in [6.07, 6.45) is 3.11. The van der Waals surface area contributed by atoms with Gasteiger partial charge < -0.3 is 15.4 Å². The molecule has 1 atom stereocenters. The van der Waals surface area contributed by atoms with Gasteiger partial charge in [-0.1, -0.05) is 0 Å². The molecule has 1 fully saturated rings. The van der Waals surface area contributed by atoms with Crippen LogP contribution < -0.4 is 5.73 Å². The molecule has 21 heavy (non-hydrogen) atoms. The fourth-order valence-electron chi connectivity index (χ4n) is 2.50. The second kappa shape index (κ2) is 6.39. The minimum Gasteiger partial charge on any atom is -0.444 e. The highest BCUT2D eigenvalue weighted by Gasteiger charge is 2.30. The Bertz CT molecular complexity index is 464. The molecule has 2 N–H and O–H groups in total. The molecule has 0 aliphatic carbocycles. The minimum absolute atomic E-state index is 0.125. The van der Waals surface area contributed by atoms with Gasteiger partial charge in [-0.25, -0.2) is 4.79 Å². The van der Waals surface area contributed by atoms with Crippen molar-refractivity contribution in [1.29, 1.82) is 0 Å². The molecular formula is C15H24N4O2. The van der Waals surface area contributed by atoms with Gasteiger partial charge in [0.05, 0.1) is 11.7 Å². The summed E-state index contributed by atoms with van der Waals surface area (Å²) < 4.78 is 5.39. The van der Waals surface area contributed by atoms with Gasteiger partial charge >= 0.3 is 6.09 Å². The van der Waals surface area contributed by atoms with Crippen molar-refractivity contribution in [3.63, 3.8) is 0 Å². The summed E-state index contributed by atoms with van der Waals surface area (Å²) in [6.45, 7) is 6.98. The summed E-state index contributed by atoms with van der Waals surface area (Å²) in [5.41, 5.74) is 6.61. The number of rotatable bonds is 2. The number of carbonyl (C=O) groups is 1. The topological polar surface area (TPSA) is 81.3 Å². The molecule has 6 heteroatoms. The van der Waals surface area contributed by atoms with E-state index < -0.39 is 5.60 Å². The summed E-state index contributed by atoms with van der Waals surface area (Å²) >= 11 is 0. The Labute approximate surface area is 125 Å². The fourth-order valence-corrected chi connectivity index (χ4v) is 2.50. The molecule has 1 aromatic heterocycles. The quantitative estimate of drug-likeness (QED) is 0.903. The van der Waals surface area contributed by atoms with Crippen LogP contribution in [0.4, 0.5) is 4.79 Å². The van der Waals surface area contributed by atoms with Gasteiger partial charge in [0.25, 0.3) is 0 Å². The highest BCUT2D eigenvalue weighted by atomic mass is 16.6. The first kappa shape index (κ1) is 15.7. The maximum absolute atomic E-state index is 12.0. The lowest BCUT2D eigenvalue weighted by Gasteiger charge is -2.35. The number of nitrogens with two attached hydrogens (primary N) is 1. The lowest BCUT2D eigenvalue weighted by atomic mass is 9.88. The molecule has 2 heterocycles. The van der Waals surface area contributed by atoms with E-state index in [-0.39, 0.29) is 12.1 Å². The summed E-state index contributed by atoms with van der Waals surface area (Å²) in [4.78, 5) is 13.8. The lowest BCUT2D eigenvalue weighted by Crippen LogP contribution is -2.43. The third-order valence-electron chi connectivity index (χ3n) is 3.63. The Kier molecular flexibility index (Phi) is 4.77. The van der Waals surface area contributed by atoms with Crippen molar-refractivity contribution in [3.05, 3.63) is 24.0 Å². The molecule has 0 aromatic carbocycles. The molecule has 0 radical (unpaired) electrons. The zero-order valence-electron chi connectivity index (χ0n) is 13.0. The third-order valence-corrected chi connectivity index (χ3v) is 3.63. The predicted octanol–water partition coefficient (Wildman–Crippen LogP) is 2.12. The molecule has 1 aliphatic heterocycles. The highest BCUT2D eigenvalue weighted by molar-refractivity contribution is 5.68. The molecule has 6 nitrogen and oxygen atoms in total. The van der Waals surface area contributed by atoms with Gasteiger partial charge in [-0.2, -0.15) is 10.2 Å². The zero-order valence-corrected chi connectivity index (χ0v) is 13.0. The van der Waals surface area contributed by atoms with Gasteiger partial charge in [0, 0.05) is 19.3 Å². The Hall–Kier alpha value is -1.69. The van der Waals surface area contributed by atoms with Crippen LogP contribution in [0.1, 0.15) is 45.3 Å². The number of amides is 1. The first-order valence-electron chi connectivity index (χ1n) is 7.38.